The van der Waals surface area contributed by atoms with E-state index in [1.807, 2.05) is 33.8 Å². The molecule has 3 rings (SSSR count). The van der Waals surface area contributed by atoms with Gasteiger partial charge in [0.25, 0.3) is 0 Å². The molecule has 6 nitrogen and oxygen atoms in total. The van der Waals surface area contributed by atoms with E-state index in [0.29, 0.717) is 32.1 Å². The number of aliphatic hydroxyl groups is 1. The van der Waals surface area contributed by atoms with E-state index >= 15 is 0 Å². The molecular formula is C31H53ClO6Si. The molecule has 0 bridgehead atoms. The Morgan fingerprint density at radius 3 is 2.41 bits per heavy atom. The van der Waals surface area contributed by atoms with Crippen molar-refractivity contribution in [1.82, 2.24) is 0 Å². The summed E-state index contributed by atoms with van der Waals surface area (Å²) in [6, 6.07) is 0. The molecule has 3 aliphatic rings. The van der Waals surface area contributed by atoms with Gasteiger partial charge in [-0.1, -0.05) is 53.7 Å². The molecule has 1 N–H and O–H groups in total. The zero-order chi connectivity index (χ0) is 29.6. The van der Waals surface area contributed by atoms with Crippen LogP contribution in [0.1, 0.15) is 93.9 Å². The maximum absolute atomic E-state index is 13.2. The second-order valence-electron chi connectivity index (χ2n) is 14.7. The third-order valence-corrected chi connectivity index (χ3v) is 15.6. The quantitative estimate of drug-likeness (QED) is 0.143. The maximum Gasteiger partial charge on any atom is 0.311 e. The molecule has 224 valence electrons. The zero-order valence-corrected chi connectivity index (χ0v) is 27.6. The Labute approximate surface area is 242 Å². The van der Waals surface area contributed by atoms with Gasteiger partial charge in [0.2, 0.25) is 0 Å². The third-order valence-electron chi connectivity index (χ3n) is 10.3. The molecule has 2 fully saturated rings. The van der Waals surface area contributed by atoms with Crippen LogP contribution in [0.15, 0.2) is 12.2 Å². The molecule has 39 heavy (non-hydrogen) atoms. The Balaban J connectivity index is 1.80. The van der Waals surface area contributed by atoms with Crippen LogP contribution in [0.3, 0.4) is 0 Å². The van der Waals surface area contributed by atoms with E-state index in [9.17, 15) is 14.7 Å². The van der Waals surface area contributed by atoms with Crippen LogP contribution in [0.2, 0.25) is 18.1 Å². The molecule has 1 saturated carbocycles. The Hall–Kier alpha value is -0.893. The van der Waals surface area contributed by atoms with E-state index < -0.39 is 30.8 Å². The van der Waals surface area contributed by atoms with Gasteiger partial charge in [-0.3, -0.25) is 9.59 Å². The molecule has 0 amide bonds. The minimum atomic E-state index is -2.02. The van der Waals surface area contributed by atoms with Gasteiger partial charge in [0.05, 0.1) is 23.3 Å². The monoisotopic (exact) mass is 584 g/mol. The highest BCUT2D eigenvalue weighted by Gasteiger charge is 2.58. The van der Waals surface area contributed by atoms with Gasteiger partial charge in [0.15, 0.2) is 8.32 Å². The molecule has 9 atom stereocenters. The topological polar surface area (TPSA) is 82.1 Å². The van der Waals surface area contributed by atoms with Crippen LogP contribution in [-0.4, -0.2) is 54.7 Å². The lowest BCUT2D eigenvalue weighted by atomic mass is 9.58. The van der Waals surface area contributed by atoms with Crippen molar-refractivity contribution in [2.45, 2.75) is 141 Å². The van der Waals surface area contributed by atoms with Gasteiger partial charge < -0.3 is 19.0 Å². The van der Waals surface area contributed by atoms with E-state index in [1.54, 1.807) is 0 Å². The summed E-state index contributed by atoms with van der Waals surface area (Å²) in [7, 11) is -2.02. The molecule has 0 radical (unpaired) electrons. The molecule has 0 unspecified atom stereocenters. The number of hydrogen-bond acceptors (Lipinski definition) is 6. The third kappa shape index (κ3) is 6.95. The van der Waals surface area contributed by atoms with Crippen molar-refractivity contribution in [3.63, 3.8) is 0 Å². The second-order valence-corrected chi connectivity index (χ2v) is 19.9. The minimum Gasteiger partial charge on any atom is -0.462 e. The highest BCUT2D eigenvalue weighted by molar-refractivity contribution is 6.74. The molecule has 8 heteroatoms. The number of ether oxygens (including phenoxy) is 2. The molecule has 0 aromatic rings. The predicted octanol–water partition coefficient (Wildman–Crippen LogP) is 7.03. The van der Waals surface area contributed by atoms with Gasteiger partial charge in [-0.15, -0.1) is 11.6 Å². The fourth-order valence-electron chi connectivity index (χ4n) is 6.26. The lowest BCUT2D eigenvalue weighted by molar-refractivity contribution is -0.183. The molecular weight excluding hydrogens is 532 g/mol. The number of hydrogen-bond donors (Lipinski definition) is 1. The van der Waals surface area contributed by atoms with Crippen LogP contribution in [0, 0.1) is 29.1 Å². The number of rotatable bonds is 8. The van der Waals surface area contributed by atoms with Crippen LogP contribution < -0.4 is 0 Å². The summed E-state index contributed by atoms with van der Waals surface area (Å²) < 4.78 is 18.6. The van der Waals surface area contributed by atoms with Crippen LogP contribution in [-0.2, 0) is 23.5 Å². The van der Waals surface area contributed by atoms with E-state index in [2.05, 4.69) is 46.9 Å². The fourth-order valence-corrected chi connectivity index (χ4v) is 7.94. The maximum atomic E-state index is 13.2. The summed E-state index contributed by atoms with van der Waals surface area (Å²) in [6.07, 6.45) is 6.77. The van der Waals surface area contributed by atoms with Gasteiger partial charge in [-0.2, -0.15) is 0 Å². The van der Waals surface area contributed by atoms with Gasteiger partial charge >= 0.3 is 11.9 Å². The fraction of sp³-hybridized carbons (Fsp3) is 0.871. The van der Waals surface area contributed by atoms with Crippen molar-refractivity contribution in [3.8, 4) is 0 Å². The smallest absolute Gasteiger partial charge is 0.311 e. The van der Waals surface area contributed by atoms with E-state index in [1.165, 1.54) is 0 Å². The Morgan fingerprint density at radius 1 is 1.18 bits per heavy atom. The standard InChI is InChI=1S/C31H53ClO6Si/c1-11-30(7,8)28(34)37-24-16-20(3)27(32)31(35)15-14-19(2)23(26(24)31)13-12-21-17-22(18-25(33)36-21)38-39(9,10)29(4,5)6/h14-15,19-24,26-27,35H,11-13,16-18H2,1-10H3/t19-,20+,21+,22+,23-,24-,26+,27-,31-/m0/s1. The SMILES string of the molecule is CCC(C)(C)C(=O)O[C@H]1C[C@@H](C)[C@H](Cl)[C@]2(O)C=C[C@H](C)[C@H](CC[C@@H]3C[C@@H](O[Si](C)(C)C(C)(C)C)CC(=O)O3)[C@H]12. The van der Waals surface area contributed by atoms with Crippen LogP contribution >= 0.6 is 11.6 Å². The first kappa shape index (κ1) is 32.6. The normalized spacial score (nSPS) is 37.7. The Bertz CT molecular complexity index is 927. The lowest BCUT2D eigenvalue weighted by Crippen LogP contribution is -2.62. The number of fused-ring (bicyclic) bond motifs is 1. The number of alkyl halides is 1. The number of allylic oxidation sites excluding steroid dienone is 1. The molecule has 0 aromatic carbocycles. The van der Waals surface area contributed by atoms with Crippen molar-refractivity contribution in [2.75, 3.05) is 0 Å². The van der Waals surface area contributed by atoms with Gasteiger partial charge in [-0.05, 0) is 75.4 Å². The predicted molar refractivity (Wildman–Crippen MR) is 158 cm³/mol. The first-order valence-electron chi connectivity index (χ1n) is 15.0. The highest BCUT2D eigenvalue weighted by atomic mass is 35.5. The average molecular weight is 585 g/mol. The summed E-state index contributed by atoms with van der Waals surface area (Å²) in [5.41, 5.74) is -1.87. The summed E-state index contributed by atoms with van der Waals surface area (Å²) in [6.45, 7) is 21.0. The van der Waals surface area contributed by atoms with Crippen LogP contribution in [0.4, 0.5) is 0 Å². The first-order valence-corrected chi connectivity index (χ1v) is 18.3. The number of carbonyl (C=O) groups is 2. The molecule has 0 aromatic heterocycles. The summed E-state index contributed by atoms with van der Waals surface area (Å²) in [5, 5.41) is 11.6. The molecule has 2 aliphatic carbocycles. The molecule has 1 saturated heterocycles. The van der Waals surface area contributed by atoms with Crippen molar-refractivity contribution >= 4 is 31.9 Å². The zero-order valence-electron chi connectivity index (χ0n) is 25.9. The lowest BCUT2D eigenvalue weighted by Gasteiger charge is -2.54. The highest BCUT2D eigenvalue weighted by Crippen LogP contribution is 2.52. The Morgan fingerprint density at radius 2 is 1.82 bits per heavy atom. The van der Waals surface area contributed by atoms with E-state index in [4.69, 9.17) is 25.5 Å². The summed E-state index contributed by atoms with van der Waals surface area (Å²) in [4.78, 5) is 25.7. The molecule has 1 heterocycles. The average Bonchev–Trinajstić information content (AvgIpc) is 2.81. The van der Waals surface area contributed by atoms with Crippen molar-refractivity contribution in [2.24, 2.45) is 29.1 Å². The number of carbonyl (C=O) groups excluding carboxylic acids is 2. The minimum absolute atomic E-state index is 0.0123. The largest absolute Gasteiger partial charge is 0.462 e. The first-order chi connectivity index (χ1) is 17.8. The van der Waals surface area contributed by atoms with Crippen LogP contribution in [0.25, 0.3) is 0 Å². The van der Waals surface area contributed by atoms with Crippen molar-refractivity contribution < 1.29 is 28.6 Å². The summed E-state index contributed by atoms with van der Waals surface area (Å²) in [5.74, 6) is -0.592. The van der Waals surface area contributed by atoms with Gasteiger partial charge in [0, 0.05) is 12.3 Å². The van der Waals surface area contributed by atoms with Gasteiger partial charge in [0.1, 0.15) is 17.8 Å². The molecule has 1 aliphatic heterocycles. The van der Waals surface area contributed by atoms with Crippen molar-refractivity contribution in [3.05, 3.63) is 12.2 Å². The van der Waals surface area contributed by atoms with Crippen molar-refractivity contribution in [1.29, 1.82) is 0 Å². The Kier molecular flexibility index (Phi) is 9.85. The number of cyclic esters (lactones) is 1. The number of esters is 2. The van der Waals surface area contributed by atoms with Crippen LogP contribution in [0.5, 0.6) is 0 Å². The van der Waals surface area contributed by atoms with E-state index in [0.717, 1.165) is 6.42 Å². The molecule has 0 spiro atoms. The van der Waals surface area contributed by atoms with Gasteiger partial charge in [-0.25, -0.2) is 0 Å². The number of halogens is 1. The van der Waals surface area contributed by atoms with E-state index in [-0.39, 0.29) is 52.9 Å². The summed E-state index contributed by atoms with van der Waals surface area (Å²) >= 11 is 6.88. The second kappa shape index (κ2) is 11.8.